The van der Waals surface area contributed by atoms with E-state index in [4.69, 9.17) is 11.6 Å². The maximum absolute atomic E-state index is 5.76. The zero-order chi connectivity index (χ0) is 10.7. The van der Waals surface area contributed by atoms with E-state index in [1.165, 1.54) is 17.5 Å². The maximum atomic E-state index is 5.76. The Kier molecular flexibility index (Phi) is 3.02. The number of benzene rings is 1. The predicted molar refractivity (Wildman–Crippen MR) is 59.9 cm³/mol. The molecule has 0 saturated heterocycles. The van der Waals surface area contributed by atoms with Crippen molar-refractivity contribution in [1.82, 2.24) is 14.8 Å². The fourth-order valence-electron chi connectivity index (χ4n) is 1.47. The van der Waals surface area contributed by atoms with Crippen LogP contribution in [-0.4, -0.2) is 14.8 Å². The van der Waals surface area contributed by atoms with Crippen molar-refractivity contribution in [2.45, 2.75) is 19.3 Å². The van der Waals surface area contributed by atoms with Gasteiger partial charge in [0.1, 0.15) is 12.2 Å². The molecule has 0 atom stereocenters. The third kappa shape index (κ3) is 2.18. The third-order valence-corrected chi connectivity index (χ3v) is 2.64. The summed E-state index contributed by atoms with van der Waals surface area (Å²) in [5.74, 6) is 1.20. The van der Waals surface area contributed by atoms with Gasteiger partial charge in [0.2, 0.25) is 0 Å². The van der Waals surface area contributed by atoms with Crippen molar-refractivity contribution in [2.24, 2.45) is 0 Å². The number of nitrogens with zero attached hydrogens (tertiary/aromatic N) is 3. The number of alkyl halides is 1. The number of aromatic nitrogens is 3. The van der Waals surface area contributed by atoms with E-state index in [1.807, 2.05) is 16.8 Å². The van der Waals surface area contributed by atoms with Crippen LogP contribution in [0.2, 0.25) is 0 Å². The van der Waals surface area contributed by atoms with Gasteiger partial charge in [-0.15, -0.1) is 11.6 Å². The van der Waals surface area contributed by atoms with Crippen LogP contribution in [0.3, 0.4) is 0 Å². The van der Waals surface area contributed by atoms with E-state index in [1.54, 1.807) is 0 Å². The van der Waals surface area contributed by atoms with Crippen molar-refractivity contribution in [3.8, 4) is 0 Å². The molecule has 0 spiro atoms. The van der Waals surface area contributed by atoms with Crippen LogP contribution in [-0.2, 0) is 12.4 Å². The first-order valence-electron chi connectivity index (χ1n) is 4.78. The molecule has 2 rings (SSSR count). The first kappa shape index (κ1) is 10.2. The van der Waals surface area contributed by atoms with Crippen LogP contribution in [0, 0.1) is 6.92 Å². The highest BCUT2D eigenvalue weighted by Crippen LogP contribution is 2.10. The van der Waals surface area contributed by atoms with Gasteiger partial charge in [-0.05, 0) is 18.1 Å². The fourth-order valence-corrected chi connectivity index (χ4v) is 1.68. The van der Waals surface area contributed by atoms with Crippen LogP contribution in [0.1, 0.15) is 17.0 Å². The Morgan fingerprint density at radius 2 is 2.13 bits per heavy atom. The quantitative estimate of drug-likeness (QED) is 0.746. The zero-order valence-corrected chi connectivity index (χ0v) is 9.28. The van der Waals surface area contributed by atoms with Crippen molar-refractivity contribution >= 4 is 11.6 Å². The number of halogens is 1. The summed E-state index contributed by atoms with van der Waals surface area (Å²) in [5, 5.41) is 4.14. The standard InChI is InChI=1S/C11H12ClN3/c1-9-4-2-3-5-10(9)7-15-11(6-12)13-8-14-15/h2-5,8H,6-7H2,1H3. The van der Waals surface area contributed by atoms with E-state index in [0.29, 0.717) is 5.88 Å². The molecule has 15 heavy (non-hydrogen) atoms. The minimum atomic E-state index is 0.395. The molecule has 0 N–H and O–H groups in total. The summed E-state index contributed by atoms with van der Waals surface area (Å²) < 4.78 is 1.83. The summed E-state index contributed by atoms with van der Waals surface area (Å²) in [4.78, 5) is 4.08. The van der Waals surface area contributed by atoms with Crippen LogP contribution in [0.15, 0.2) is 30.6 Å². The lowest BCUT2D eigenvalue weighted by atomic mass is 10.1. The van der Waals surface area contributed by atoms with Gasteiger partial charge in [-0.3, -0.25) is 0 Å². The highest BCUT2D eigenvalue weighted by molar-refractivity contribution is 6.16. The Bertz CT molecular complexity index is 451. The molecule has 0 radical (unpaired) electrons. The van der Waals surface area contributed by atoms with Gasteiger partial charge in [-0.2, -0.15) is 5.10 Å². The molecule has 0 amide bonds. The van der Waals surface area contributed by atoms with E-state index >= 15 is 0 Å². The summed E-state index contributed by atoms with van der Waals surface area (Å²) >= 11 is 5.76. The second kappa shape index (κ2) is 4.45. The van der Waals surface area contributed by atoms with Crippen molar-refractivity contribution < 1.29 is 0 Å². The molecule has 2 aromatic rings. The summed E-state index contributed by atoms with van der Waals surface area (Å²) in [6.07, 6.45) is 1.54. The minimum absolute atomic E-state index is 0.395. The largest absolute Gasteiger partial charge is 0.244 e. The lowest BCUT2D eigenvalue weighted by Crippen LogP contribution is -2.06. The molecule has 0 aliphatic heterocycles. The molecule has 4 heteroatoms. The predicted octanol–water partition coefficient (Wildman–Crippen LogP) is 2.37. The Morgan fingerprint density at radius 3 is 2.87 bits per heavy atom. The second-order valence-electron chi connectivity index (χ2n) is 3.39. The van der Waals surface area contributed by atoms with Crippen molar-refractivity contribution in [3.05, 3.63) is 47.5 Å². The summed E-state index contributed by atoms with van der Waals surface area (Å²) in [7, 11) is 0. The highest BCUT2D eigenvalue weighted by Gasteiger charge is 2.04. The van der Waals surface area contributed by atoms with Crippen LogP contribution >= 0.6 is 11.6 Å². The van der Waals surface area contributed by atoms with Gasteiger partial charge in [0.05, 0.1) is 12.4 Å². The minimum Gasteiger partial charge on any atom is -0.244 e. The monoisotopic (exact) mass is 221 g/mol. The SMILES string of the molecule is Cc1ccccc1Cn1ncnc1CCl. The molecule has 3 nitrogen and oxygen atoms in total. The van der Waals surface area contributed by atoms with Crippen molar-refractivity contribution in [3.63, 3.8) is 0 Å². The summed E-state index contributed by atoms with van der Waals surface area (Å²) in [6.45, 7) is 2.82. The van der Waals surface area contributed by atoms with E-state index < -0.39 is 0 Å². The zero-order valence-electron chi connectivity index (χ0n) is 8.52. The molecule has 1 aromatic carbocycles. The van der Waals surface area contributed by atoms with E-state index in [9.17, 15) is 0 Å². The molecule has 0 bridgehead atoms. The lowest BCUT2D eigenvalue weighted by Gasteiger charge is -2.06. The van der Waals surface area contributed by atoms with Crippen molar-refractivity contribution in [2.75, 3.05) is 0 Å². The molecule has 0 aliphatic carbocycles. The highest BCUT2D eigenvalue weighted by atomic mass is 35.5. The molecule has 0 aliphatic rings. The average molecular weight is 222 g/mol. The van der Waals surface area contributed by atoms with Gasteiger partial charge >= 0.3 is 0 Å². The Morgan fingerprint density at radius 1 is 1.33 bits per heavy atom. The van der Waals surface area contributed by atoms with Gasteiger partial charge in [-0.1, -0.05) is 24.3 Å². The summed E-state index contributed by atoms with van der Waals surface area (Å²) in [6, 6.07) is 8.24. The molecule has 0 fully saturated rings. The van der Waals surface area contributed by atoms with E-state index in [0.717, 1.165) is 12.4 Å². The third-order valence-electron chi connectivity index (χ3n) is 2.40. The molecule has 78 valence electrons. The number of hydrogen-bond donors (Lipinski definition) is 0. The molecule has 1 heterocycles. The Labute approximate surface area is 93.7 Å². The van der Waals surface area contributed by atoms with E-state index in [2.05, 4.69) is 29.1 Å². The van der Waals surface area contributed by atoms with Gasteiger partial charge in [-0.25, -0.2) is 9.67 Å². The smallest absolute Gasteiger partial charge is 0.142 e. The van der Waals surface area contributed by atoms with Gasteiger partial charge in [0.15, 0.2) is 0 Å². The average Bonchev–Trinajstić information content (AvgIpc) is 2.69. The molecular weight excluding hydrogens is 210 g/mol. The van der Waals surface area contributed by atoms with Crippen LogP contribution < -0.4 is 0 Å². The number of aryl methyl sites for hydroxylation is 1. The molecule has 1 aromatic heterocycles. The fraction of sp³-hybridized carbons (Fsp3) is 0.273. The lowest BCUT2D eigenvalue weighted by molar-refractivity contribution is 0.654. The van der Waals surface area contributed by atoms with Crippen LogP contribution in [0.5, 0.6) is 0 Å². The van der Waals surface area contributed by atoms with Gasteiger partial charge in [0.25, 0.3) is 0 Å². The van der Waals surface area contributed by atoms with Crippen molar-refractivity contribution in [1.29, 1.82) is 0 Å². The normalized spacial score (nSPS) is 10.5. The first-order valence-corrected chi connectivity index (χ1v) is 5.32. The van der Waals surface area contributed by atoms with Crippen LogP contribution in [0.25, 0.3) is 0 Å². The van der Waals surface area contributed by atoms with Gasteiger partial charge in [0, 0.05) is 0 Å². The first-order chi connectivity index (χ1) is 7.31. The topological polar surface area (TPSA) is 30.7 Å². The van der Waals surface area contributed by atoms with Gasteiger partial charge < -0.3 is 0 Å². The van der Waals surface area contributed by atoms with Crippen LogP contribution in [0.4, 0.5) is 0 Å². The second-order valence-corrected chi connectivity index (χ2v) is 3.66. The molecule has 0 saturated carbocycles. The van der Waals surface area contributed by atoms with E-state index in [-0.39, 0.29) is 0 Å². The maximum Gasteiger partial charge on any atom is 0.142 e. The summed E-state index contributed by atoms with van der Waals surface area (Å²) in [5.41, 5.74) is 2.50. The molecule has 0 unspecified atom stereocenters. The Hall–Kier alpha value is -1.35. The molecular formula is C11H12ClN3. The number of hydrogen-bond acceptors (Lipinski definition) is 2. The number of rotatable bonds is 3. The Balaban J connectivity index is 2.26.